The molecular formula is C19H19F2NO3S. The van der Waals surface area contributed by atoms with Crippen molar-refractivity contribution in [2.75, 3.05) is 13.7 Å². The molecule has 4 nitrogen and oxygen atoms in total. The lowest BCUT2D eigenvalue weighted by atomic mass is 10.1. The lowest BCUT2D eigenvalue weighted by Gasteiger charge is -2.22. The van der Waals surface area contributed by atoms with E-state index in [0.717, 1.165) is 19.4 Å². The Bertz CT molecular complexity index is 777. The molecule has 2 aromatic rings. The highest BCUT2D eigenvalue weighted by molar-refractivity contribution is 7.08. The lowest BCUT2D eigenvalue weighted by Crippen LogP contribution is -2.28. The van der Waals surface area contributed by atoms with E-state index in [1.807, 2.05) is 10.3 Å². The Balaban J connectivity index is 1.72. The van der Waals surface area contributed by atoms with Crippen LogP contribution in [0.15, 0.2) is 41.1 Å². The van der Waals surface area contributed by atoms with Crippen LogP contribution in [0.1, 0.15) is 30.0 Å². The Kier molecular flexibility index (Phi) is 5.88. The molecule has 0 saturated carbocycles. The molecule has 0 spiro atoms. The monoisotopic (exact) mass is 379 g/mol. The van der Waals surface area contributed by atoms with E-state index in [2.05, 4.69) is 16.2 Å². The molecule has 1 saturated heterocycles. The van der Waals surface area contributed by atoms with Gasteiger partial charge >= 0.3 is 6.61 Å². The summed E-state index contributed by atoms with van der Waals surface area (Å²) in [5.74, 6) is 0.0887. The van der Waals surface area contributed by atoms with E-state index < -0.39 is 6.61 Å². The molecule has 1 aromatic carbocycles. The van der Waals surface area contributed by atoms with Crippen molar-refractivity contribution in [3.63, 3.8) is 0 Å². The number of carbonyl (C=O) groups excluding carboxylic acids is 1. The molecule has 0 radical (unpaired) electrons. The molecule has 7 heteroatoms. The van der Waals surface area contributed by atoms with E-state index in [1.165, 1.54) is 24.8 Å². The van der Waals surface area contributed by atoms with Crippen LogP contribution in [0.25, 0.3) is 6.08 Å². The van der Waals surface area contributed by atoms with Gasteiger partial charge in [0.25, 0.3) is 0 Å². The number of likely N-dealkylation sites (tertiary alicyclic amines) is 1. The van der Waals surface area contributed by atoms with Gasteiger partial charge in [0.1, 0.15) is 0 Å². The van der Waals surface area contributed by atoms with Gasteiger partial charge in [0.15, 0.2) is 11.5 Å². The standard InChI is InChI=1S/C19H19F2NO3S/c1-24-17-11-13(4-6-16(17)25-19(20)21)5-7-18(23)22-9-2-3-15(22)14-8-10-26-12-14/h4-8,10-12,15,19H,2-3,9H2,1H3. The third-order valence-corrected chi connectivity index (χ3v) is 4.99. The number of halogens is 2. The second-order valence-corrected chi connectivity index (χ2v) is 6.65. The molecule has 26 heavy (non-hydrogen) atoms. The maximum absolute atomic E-state index is 12.6. The quantitative estimate of drug-likeness (QED) is 0.681. The zero-order valence-electron chi connectivity index (χ0n) is 14.2. The average Bonchev–Trinajstić information content (AvgIpc) is 3.31. The van der Waals surface area contributed by atoms with E-state index in [-0.39, 0.29) is 23.4 Å². The van der Waals surface area contributed by atoms with Crippen molar-refractivity contribution in [3.05, 3.63) is 52.2 Å². The van der Waals surface area contributed by atoms with Crippen molar-refractivity contribution in [1.29, 1.82) is 0 Å². The van der Waals surface area contributed by atoms with Gasteiger partial charge < -0.3 is 14.4 Å². The first kappa shape index (κ1) is 18.4. The van der Waals surface area contributed by atoms with Gasteiger partial charge in [0.2, 0.25) is 5.91 Å². The molecule has 0 N–H and O–H groups in total. The summed E-state index contributed by atoms with van der Waals surface area (Å²) in [5.41, 5.74) is 1.84. The SMILES string of the molecule is COc1cc(C=CC(=O)N2CCCC2c2ccsc2)ccc1OC(F)F. The van der Waals surface area contributed by atoms with Crippen LogP contribution in [0.4, 0.5) is 8.78 Å². The average molecular weight is 379 g/mol. The maximum atomic E-state index is 12.6. The minimum atomic E-state index is -2.92. The molecule has 0 bridgehead atoms. The van der Waals surface area contributed by atoms with Crippen LogP contribution in [-0.2, 0) is 4.79 Å². The number of methoxy groups -OCH3 is 1. The minimum Gasteiger partial charge on any atom is -0.493 e. The summed E-state index contributed by atoms with van der Waals surface area (Å²) < 4.78 is 34.2. The van der Waals surface area contributed by atoms with Gasteiger partial charge in [-0.25, -0.2) is 0 Å². The molecule has 1 atom stereocenters. The second-order valence-electron chi connectivity index (χ2n) is 5.87. The van der Waals surface area contributed by atoms with Gasteiger partial charge in [0, 0.05) is 12.6 Å². The number of carbonyl (C=O) groups is 1. The number of ether oxygens (including phenoxy) is 2. The van der Waals surface area contributed by atoms with Crippen LogP contribution >= 0.6 is 11.3 Å². The highest BCUT2D eigenvalue weighted by atomic mass is 32.1. The number of thiophene rings is 1. The second kappa shape index (κ2) is 8.31. The van der Waals surface area contributed by atoms with Gasteiger partial charge in [0.05, 0.1) is 13.2 Å². The van der Waals surface area contributed by atoms with Crippen LogP contribution in [0.3, 0.4) is 0 Å². The molecule has 1 aromatic heterocycles. The van der Waals surface area contributed by atoms with Crippen LogP contribution in [-0.4, -0.2) is 31.1 Å². The first-order valence-electron chi connectivity index (χ1n) is 8.22. The van der Waals surface area contributed by atoms with Crippen molar-refractivity contribution >= 4 is 23.3 Å². The van der Waals surface area contributed by atoms with E-state index in [4.69, 9.17) is 4.74 Å². The number of nitrogens with zero attached hydrogens (tertiary/aromatic N) is 1. The Morgan fingerprint density at radius 2 is 2.19 bits per heavy atom. The van der Waals surface area contributed by atoms with Crippen LogP contribution in [0.2, 0.25) is 0 Å². The zero-order valence-corrected chi connectivity index (χ0v) is 15.0. The van der Waals surface area contributed by atoms with Gasteiger partial charge in [-0.05, 0) is 59.0 Å². The van der Waals surface area contributed by atoms with Gasteiger partial charge in [-0.1, -0.05) is 6.07 Å². The Morgan fingerprint density at radius 1 is 1.35 bits per heavy atom. The van der Waals surface area contributed by atoms with Crippen LogP contribution < -0.4 is 9.47 Å². The summed E-state index contributed by atoms with van der Waals surface area (Å²) in [7, 11) is 1.38. The maximum Gasteiger partial charge on any atom is 0.387 e. The summed E-state index contributed by atoms with van der Waals surface area (Å²) in [5, 5.41) is 4.09. The molecule has 2 heterocycles. The predicted molar refractivity (Wildman–Crippen MR) is 96.7 cm³/mol. The fraction of sp³-hybridized carbons (Fsp3) is 0.316. The predicted octanol–water partition coefficient (Wildman–Crippen LogP) is 4.74. The first-order chi connectivity index (χ1) is 12.6. The molecule has 0 aliphatic carbocycles. The number of hydrogen-bond donors (Lipinski definition) is 0. The van der Waals surface area contributed by atoms with E-state index in [9.17, 15) is 13.6 Å². The van der Waals surface area contributed by atoms with Gasteiger partial charge in [-0.2, -0.15) is 20.1 Å². The number of alkyl halides is 2. The Morgan fingerprint density at radius 3 is 2.88 bits per heavy atom. The van der Waals surface area contributed by atoms with Gasteiger partial charge in [-0.3, -0.25) is 4.79 Å². The largest absolute Gasteiger partial charge is 0.493 e. The van der Waals surface area contributed by atoms with E-state index in [0.29, 0.717) is 5.56 Å². The van der Waals surface area contributed by atoms with Gasteiger partial charge in [-0.15, -0.1) is 0 Å². The van der Waals surface area contributed by atoms with E-state index in [1.54, 1.807) is 29.5 Å². The highest BCUT2D eigenvalue weighted by Crippen LogP contribution is 2.33. The highest BCUT2D eigenvalue weighted by Gasteiger charge is 2.28. The summed E-state index contributed by atoms with van der Waals surface area (Å²) in [4.78, 5) is 14.4. The molecule has 1 aliphatic rings. The molecule has 1 unspecified atom stereocenters. The summed E-state index contributed by atoms with van der Waals surface area (Å²) in [6.45, 7) is -2.19. The lowest BCUT2D eigenvalue weighted by molar-refractivity contribution is -0.126. The van der Waals surface area contributed by atoms with E-state index >= 15 is 0 Å². The number of benzene rings is 1. The summed E-state index contributed by atoms with van der Waals surface area (Å²) >= 11 is 1.62. The molecule has 138 valence electrons. The normalized spacial score (nSPS) is 17.2. The number of amides is 1. The van der Waals surface area contributed by atoms with Crippen molar-refractivity contribution in [3.8, 4) is 11.5 Å². The van der Waals surface area contributed by atoms with Crippen molar-refractivity contribution in [2.24, 2.45) is 0 Å². The number of rotatable bonds is 6. The zero-order chi connectivity index (χ0) is 18.5. The molecule has 3 rings (SSSR count). The molecule has 1 fully saturated rings. The smallest absolute Gasteiger partial charge is 0.387 e. The fourth-order valence-electron chi connectivity index (χ4n) is 3.09. The molecule has 1 amide bonds. The van der Waals surface area contributed by atoms with Crippen LogP contribution in [0, 0.1) is 0 Å². The molecule has 1 aliphatic heterocycles. The van der Waals surface area contributed by atoms with Crippen molar-refractivity contribution < 1.29 is 23.0 Å². The summed E-state index contributed by atoms with van der Waals surface area (Å²) in [6, 6.07) is 6.73. The van der Waals surface area contributed by atoms with Crippen molar-refractivity contribution in [2.45, 2.75) is 25.5 Å². The summed E-state index contributed by atoms with van der Waals surface area (Å²) in [6.07, 6.45) is 5.10. The number of hydrogen-bond acceptors (Lipinski definition) is 4. The Hall–Kier alpha value is -2.41. The molecular weight excluding hydrogens is 360 g/mol. The van der Waals surface area contributed by atoms with Crippen molar-refractivity contribution in [1.82, 2.24) is 4.90 Å². The fourth-order valence-corrected chi connectivity index (χ4v) is 3.79. The third kappa shape index (κ3) is 4.22. The Labute approximate surface area is 154 Å². The first-order valence-corrected chi connectivity index (χ1v) is 9.16. The van der Waals surface area contributed by atoms with Crippen LogP contribution in [0.5, 0.6) is 11.5 Å². The third-order valence-electron chi connectivity index (χ3n) is 4.29. The topological polar surface area (TPSA) is 38.8 Å². The minimum absolute atomic E-state index is 0.0389.